The molecule has 0 spiro atoms. The van der Waals surface area contributed by atoms with Gasteiger partial charge in [-0.1, -0.05) is 24.4 Å². The molecule has 0 saturated carbocycles. The number of hydrogen-bond acceptors (Lipinski definition) is 3. The molecular weight excluding hydrogens is 265 g/mol. The lowest BCUT2D eigenvalue weighted by molar-refractivity contribution is -0.0451. The summed E-state index contributed by atoms with van der Waals surface area (Å²) in [6, 6.07) is 4.71. The lowest BCUT2D eigenvalue weighted by atomic mass is 10.1. The molecule has 1 aliphatic rings. The Balaban J connectivity index is 1.83. The van der Waals surface area contributed by atoms with Crippen molar-refractivity contribution in [2.45, 2.75) is 32.0 Å². The topological polar surface area (TPSA) is 44.5 Å². The summed E-state index contributed by atoms with van der Waals surface area (Å²) in [5.41, 5.74) is 6.49. The van der Waals surface area contributed by atoms with Gasteiger partial charge in [0.25, 0.3) is 0 Å². The molecule has 1 fully saturated rings. The van der Waals surface area contributed by atoms with Gasteiger partial charge in [-0.2, -0.15) is 0 Å². The summed E-state index contributed by atoms with van der Waals surface area (Å²) in [6.07, 6.45) is 3.45. The Morgan fingerprint density at radius 2 is 2.32 bits per heavy atom. The average molecular weight is 283 g/mol. The van der Waals surface area contributed by atoms with Crippen LogP contribution in [0.5, 0.6) is 0 Å². The molecule has 1 aromatic carbocycles. The largest absolute Gasteiger partial charge is 0.389 e. The Labute approximate surface area is 117 Å². The van der Waals surface area contributed by atoms with Crippen molar-refractivity contribution in [1.29, 1.82) is 0 Å². The van der Waals surface area contributed by atoms with Gasteiger partial charge < -0.3 is 15.2 Å². The van der Waals surface area contributed by atoms with Crippen molar-refractivity contribution in [3.05, 3.63) is 35.1 Å². The zero-order valence-corrected chi connectivity index (χ0v) is 11.5. The molecule has 1 saturated heterocycles. The minimum atomic E-state index is -0.338. The van der Waals surface area contributed by atoms with Crippen LogP contribution in [0.3, 0.4) is 0 Å². The number of nitrogens with two attached hydrogens (primary N) is 1. The Morgan fingerprint density at radius 3 is 2.95 bits per heavy atom. The Hall–Kier alpha value is -1.04. The molecule has 1 aliphatic heterocycles. The van der Waals surface area contributed by atoms with E-state index in [0.717, 1.165) is 19.4 Å². The lowest BCUT2D eigenvalue weighted by Gasteiger charge is -2.22. The van der Waals surface area contributed by atoms with E-state index in [9.17, 15) is 4.39 Å². The summed E-state index contributed by atoms with van der Waals surface area (Å²) < 4.78 is 24.8. The summed E-state index contributed by atoms with van der Waals surface area (Å²) in [6.45, 7) is 1.55. The third kappa shape index (κ3) is 4.23. The number of ether oxygens (including phenoxy) is 2. The van der Waals surface area contributed by atoms with E-state index in [-0.39, 0.29) is 23.5 Å². The maximum absolute atomic E-state index is 13.7. The molecule has 0 amide bonds. The van der Waals surface area contributed by atoms with E-state index in [1.54, 1.807) is 12.1 Å². The van der Waals surface area contributed by atoms with Crippen LogP contribution in [-0.4, -0.2) is 24.3 Å². The number of halogens is 1. The maximum atomic E-state index is 13.7. The van der Waals surface area contributed by atoms with Crippen LogP contribution in [0.4, 0.5) is 4.39 Å². The Bertz CT molecular complexity index is 447. The molecule has 19 heavy (non-hydrogen) atoms. The fourth-order valence-corrected chi connectivity index (χ4v) is 2.18. The second-order valence-corrected chi connectivity index (χ2v) is 5.11. The van der Waals surface area contributed by atoms with Crippen molar-refractivity contribution >= 4 is 17.2 Å². The summed E-state index contributed by atoms with van der Waals surface area (Å²) >= 11 is 4.80. The molecule has 0 radical (unpaired) electrons. The van der Waals surface area contributed by atoms with E-state index >= 15 is 0 Å². The molecule has 1 heterocycles. The molecule has 0 bridgehead atoms. The van der Waals surface area contributed by atoms with Crippen LogP contribution in [0.2, 0.25) is 0 Å². The molecule has 0 aliphatic carbocycles. The van der Waals surface area contributed by atoms with E-state index in [2.05, 4.69) is 0 Å². The van der Waals surface area contributed by atoms with Gasteiger partial charge in [0, 0.05) is 17.7 Å². The Kier molecular flexibility index (Phi) is 5.24. The van der Waals surface area contributed by atoms with Crippen LogP contribution in [0.15, 0.2) is 18.2 Å². The number of rotatable bonds is 5. The first-order chi connectivity index (χ1) is 9.16. The van der Waals surface area contributed by atoms with Gasteiger partial charge in [0.1, 0.15) is 10.8 Å². The summed E-state index contributed by atoms with van der Waals surface area (Å²) in [7, 11) is 0. The van der Waals surface area contributed by atoms with Crippen LogP contribution in [0, 0.1) is 5.82 Å². The van der Waals surface area contributed by atoms with Crippen LogP contribution in [-0.2, 0) is 16.1 Å². The molecule has 1 atom stereocenters. The highest BCUT2D eigenvalue weighted by Gasteiger charge is 2.14. The SMILES string of the molecule is NC(=S)c1ccc(COCC2CCCCO2)c(F)c1. The second kappa shape index (κ2) is 6.93. The van der Waals surface area contributed by atoms with Gasteiger partial charge in [-0.25, -0.2) is 4.39 Å². The third-order valence-corrected chi connectivity index (χ3v) is 3.41. The number of benzene rings is 1. The smallest absolute Gasteiger partial charge is 0.129 e. The van der Waals surface area contributed by atoms with Gasteiger partial charge in [0.05, 0.1) is 19.3 Å². The summed E-state index contributed by atoms with van der Waals surface area (Å²) in [5, 5.41) is 0. The zero-order chi connectivity index (χ0) is 13.7. The number of hydrogen-bond donors (Lipinski definition) is 1. The van der Waals surface area contributed by atoms with Crippen LogP contribution >= 0.6 is 12.2 Å². The fraction of sp³-hybridized carbons (Fsp3) is 0.500. The first-order valence-corrected chi connectivity index (χ1v) is 6.85. The lowest BCUT2D eigenvalue weighted by Crippen LogP contribution is -2.24. The van der Waals surface area contributed by atoms with Gasteiger partial charge in [-0.3, -0.25) is 0 Å². The molecule has 2 N–H and O–H groups in total. The van der Waals surface area contributed by atoms with Crippen LogP contribution < -0.4 is 5.73 Å². The second-order valence-electron chi connectivity index (χ2n) is 4.67. The molecule has 3 nitrogen and oxygen atoms in total. The van der Waals surface area contributed by atoms with E-state index in [4.69, 9.17) is 27.4 Å². The van der Waals surface area contributed by atoms with Gasteiger partial charge in [-0.05, 0) is 25.3 Å². The first kappa shape index (κ1) is 14.4. The molecule has 2 rings (SSSR count). The van der Waals surface area contributed by atoms with Crippen molar-refractivity contribution in [1.82, 2.24) is 0 Å². The van der Waals surface area contributed by atoms with Gasteiger partial charge in [0.2, 0.25) is 0 Å². The molecule has 1 unspecified atom stereocenters. The van der Waals surface area contributed by atoms with Gasteiger partial charge in [0.15, 0.2) is 0 Å². The van der Waals surface area contributed by atoms with Gasteiger partial charge in [-0.15, -0.1) is 0 Å². The van der Waals surface area contributed by atoms with E-state index < -0.39 is 0 Å². The monoisotopic (exact) mass is 283 g/mol. The molecule has 104 valence electrons. The standard InChI is InChI=1S/C14H18FNO2S/c15-13-7-10(14(16)19)4-5-11(13)8-17-9-12-3-1-2-6-18-12/h4-5,7,12H,1-3,6,8-9H2,(H2,16,19). The zero-order valence-electron chi connectivity index (χ0n) is 10.7. The van der Waals surface area contributed by atoms with Crippen LogP contribution in [0.25, 0.3) is 0 Å². The molecule has 1 aromatic rings. The third-order valence-electron chi connectivity index (χ3n) is 3.17. The predicted molar refractivity (Wildman–Crippen MR) is 75.5 cm³/mol. The summed E-state index contributed by atoms with van der Waals surface area (Å²) in [5.74, 6) is -0.338. The highest BCUT2D eigenvalue weighted by atomic mass is 32.1. The van der Waals surface area contributed by atoms with Crippen LogP contribution in [0.1, 0.15) is 30.4 Å². The fourth-order valence-electron chi connectivity index (χ4n) is 2.06. The first-order valence-electron chi connectivity index (χ1n) is 6.44. The van der Waals surface area contributed by atoms with Crippen molar-refractivity contribution in [3.63, 3.8) is 0 Å². The maximum Gasteiger partial charge on any atom is 0.129 e. The van der Waals surface area contributed by atoms with E-state index in [1.807, 2.05) is 0 Å². The van der Waals surface area contributed by atoms with E-state index in [1.165, 1.54) is 12.5 Å². The minimum Gasteiger partial charge on any atom is -0.389 e. The van der Waals surface area contributed by atoms with Crippen molar-refractivity contribution in [3.8, 4) is 0 Å². The van der Waals surface area contributed by atoms with E-state index in [0.29, 0.717) is 17.7 Å². The molecular formula is C14H18FNO2S. The predicted octanol–water partition coefficient (Wildman–Crippen LogP) is 2.55. The Morgan fingerprint density at radius 1 is 1.47 bits per heavy atom. The summed E-state index contributed by atoms with van der Waals surface area (Å²) in [4.78, 5) is 0.196. The normalized spacial score (nSPS) is 19.3. The highest BCUT2D eigenvalue weighted by Crippen LogP contribution is 2.15. The van der Waals surface area contributed by atoms with Crippen molar-refractivity contribution < 1.29 is 13.9 Å². The van der Waals surface area contributed by atoms with Crippen molar-refractivity contribution in [2.75, 3.05) is 13.2 Å². The quantitative estimate of drug-likeness (QED) is 0.844. The molecule has 5 heteroatoms. The van der Waals surface area contributed by atoms with Gasteiger partial charge >= 0.3 is 0 Å². The van der Waals surface area contributed by atoms with Crippen molar-refractivity contribution in [2.24, 2.45) is 5.73 Å². The average Bonchev–Trinajstić information content (AvgIpc) is 2.41. The number of thiocarbonyl (C=S) groups is 1. The molecule has 0 aromatic heterocycles. The highest BCUT2D eigenvalue weighted by molar-refractivity contribution is 7.80. The minimum absolute atomic E-state index is 0.146.